The molecule has 17 heavy (non-hydrogen) atoms. The van der Waals surface area contributed by atoms with Gasteiger partial charge in [-0.05, 0) is 17.9 Å². The lowest BCUT2D eigenvalue weighted by Gasteiger charge is -2.19. The largest absolute Gasteiger partial charge is 0.323 e. The second-order valence-corrected chi connectivity index (χ2v) is 5.12. The molecule has 0 saturated carbocycles. The molecule has 0 aromatic heterocycles. The van der Waals surface area contributed by atoms with Gasteiger partial charge < -0.3 is 5.73 Å². The summed E-state index contributed by atoms with van der Waals surface area (Å²) in [6, 6.07) is 9.66. The van der Waals surface area contributed by atoms with Crippen molar-refractivity contribution in [2.24, 2.45) is 17.6 Å². The highest BCUT2D eigenvalue weighted by molar-refractivity contribution is 5.81. The van der Waals surface area contributed by atoms with Crippen LogP contribution >= 0.6 is 0 Å². The molecule has 0 amide bonds. The molecule has 1 aromatic carbocycles. The van der Waals surface area contributed by atoms with E-state index < -0.39 is 0 Å². The van der Waals surface area contributed by atoms with Crippen LogP contribution in [-0.2, 0) is 4.79 Å². The van der Waals surface area contributed by atoms with Crippen molar-refractivity contribution in [3.63, 3.8) is 0 Å². The first-order chi connectivity index (χ1) is 8.02. The standard InChI is InChI=1S/C15H23NO/c1-11(2)9-10-14(17)12(3)15(16)13-7-5-4-6-8-13/h4-8,11-12,15H,9-10,16H2,1-3H3. The number of hydrogen-bond acceptors (Lipinski definition) is 2. The summed E-state index contributed by atoms with van der Waals surface area (Å²) in [7, 11) is 0. The molecule has 0 fully saturated rings. The SMILES string of the molecule is CC(C)CCC(=O)C(C)C(N)c1ccccc1. The molecule has 1 rings (SSSR count). The van der Waals surface area contributed by atoms with Gasteiger partial charge in [0.1, 0.15) is 5.78 Å². The first kappa shape index (κ1) is 13.9. The van der Waals surface area contributed by atoms with E-state index in [1.807, 2.05) is 37.3 Å². The lowest BCUT2D eigenvalue weighted by Crippen LogP contribution is -2.26. The monoisotopic (exact) mass is 233 g/mol. The summed E-state index contributed by atoms with van der Waals surface area (Å²) in [6.45, 7) is 6.20. The molecule has 0 heterocycles. The summed E-state index contributed by atoms with van der Waals surface area (Å²) in [5.74, 6) is 0.741. The Morgan fingerprint density at radius 2 is 1.76 bits per heavy atom. The maximum atomic E-state index is 12.0. The minimum Gasteiger partial charge on any atom is -0.323 e. The highest BCUT2D eigenvalue weighted by Crippen LogP contribution is 2.22. The van der Waals surface area contributed by atoms with Crippen molar-refractivity contribution in [3.8, 4) is 0 Å². The van der Waals surface area contributed by atoms with Crippen LogP contribution in [0.5, 0.6) is 0 Å². The van der Waals surface area contributed by atoms with Gasteiger partial charge >= 0.3 is 0 Å². The molecule has 0 aliphatic rings. The third-order valence-corrected chi connectivity index (χ3v) is 3.20. The van der Waals surface area contributed by atoms with Gasteiger partial charge in [-0.2, -0.15) is 0 Å². The van der Waals surface area contributed by atoms with Crippen LogP contribution in [0.25, 0.3) is 0 Å². The zero-order valence-electron chi connectivity index (χ0n) is 11.0. The van der Waals surface area contributed by atoms with Crippen LogP contribution < -0.4 is 5.73 Å². The third kappa shape index (κ3) is 4.31. The van der Waals surface area contributed by atoms with Gasteiger partial charge in [-0.25, -0.2) is 0 Å². The van der Waals surface area contributed by atoms with Crippen LogP contribution in [0.4, 0.5) is 0 Å². The summed E-state index contributed by atoms with van der Waals surface area (Å²) in [5, 5.41) is 0. The van der Waals surface area contributed by atoms with Gasteiger partial charge in [-0.15, -0.1) is 0 Å². The fourth-order valence-electron chi connectivity index (χ4n) is 1.82. The third-order valence-electron chi connectivity index (χ3n) is 3.20. The van der Waals surface area contributed by atoms with Crippen LogP contribution in [0.3, 0.4) is 0 Å². The van der Waals surface area contributed by atoms with E-state index in [4.69, 9.17) is 5.73 Å². The van der Waals surface area contributed by atoms with Gasteiger partial charge in [0.25, 0.3) is 0 Å². The topological polar surface area (TPSA) is 43.1 Å². The Bertz CT molecular complexity index is 345. The molecule has 1 aromatic rings. The van der Waals surface area contributed by atoms with Crippen LogP contribution in [0.1, 0.15) is 45.2 Å². The molecular formula is C15H23NO. The van der Waals surface area contributed by atoms with E-state index in [2.05, 4.69) is 13.8 Å². The van der Waals surface area contributed by atoms with E-state index in [9.17, 15) is 4.79 Å². The Kier molecular flexibility index (Phi) is 5.36. The summed E-state index contributed by atoms with van der Waals surface area (Å²) < 4.78 is 0. The summed E-state index contributed by atoms with van der Waals surface area (Å²) in [4.78, 5) is 12.0. The smallest absolute Gasteiger partial charge is 0.137 e. The fourth-order valence-corrected chi connectivity index (χ4v) is 1.82. The van der Waals surface area contributed by atoms with E-state index in [-0.39, 0.29) is 17.7 Å². The average Bonchev–Trinajstić information content (AvgIpc) is 2.35. The van der Waals surface area contributed by atoms with E-state index in [0.717, 1.165) is 12.0 Å². The molecule has 2 heteroatoms. The molecule has 0 bridgehead atoms. The van der Waals surface area contributed by atoms with Gasteiger partial charge in [0, 0.05) is 18.4 Å². The molecule has 2 atom stereocenters. The average molecular weight is 233 g/mol. The second kappa shape index (κ2) is 6.55. The van der Waals surface area contributed by atoms with Crippen molar-refractivity contribution in [1.29, 1.82) is 0 Å². The fraction of sp³-hybridized carbons (Fsp3) is 0.533. The Morgan fingerprint density at radius 1 is 1.18 bits per heavy atom. The molecule has 2 N–H and O–H groups in total. The van der Waals surface area contributed by atoms with Gasteiger partial charge in [-0.1, -0.05) is 51.1 Å². The van der Waals surface area contributed by atoms with Gasteiger partial charge in [-0.3, -0.25) is 4.79 Å². The zero-order chi connectivity index (χ0) is 12.8. The van der Waals surface area contributed by atoms with Crippen LogP contribution in [0.15, 0.2) is 30.3 Å². The molecule has 0 aliphatic heterocycles. The normalized spacial score (nSPS) is 14.6. The number of rotatable bonds is 6. The van der Waals surface area contributed by atoms with Crippen LogP contribution in [0.2, 0.25) is 0 Å². The number of Topliss-reactive ketones (excluding diaryl/α,β-unsaturated/α-hetero) is 1. The Balaban J connectivity index is 2.57. The zero-order valence-corrected chi connectivity index (χ0v) is 11.0. The second-order valence-electron chi connectivity index (χ2n) is 5.12. The number of carbonyl (C=O) groups is 1. The van der Waals surface area contributed by atoms with E-state index in [1.165, 1.54) is 0 Å². The van der Waals surface area contributed by atoms with Crippen molar-refractivity contribution in [1.82, 2.24) is 0 Å². The molecule has 0 aliphatic carbocycles. The molecule has 0 spiro atoms. The minimum atomic E-state index is -0.184. The van der Waals surface area contributed by atoms with Gasteiger partial charge in [0.05, 0.1) is 0 Å². The van der Waals surface area contributed by atoms with Crippen molar-refractivity contribution >= 4 is 5.78 Å². The number of benzene rings is 1. The quantitative estimate of drug-likeness (QED) is 0.819. The number of carbonyl (C=O) groups excluding carboxylic acids is 1. The Hall–Kier alpha value is -1.15. The van der Waals surface area contributed by atoms with E-state index in [1.54, 1.807) is 0 Å². The lowest BCUT2D eigenvalue weighted by atomic mass is 9.89. The van der Waals surface area contributed by atoms with Crippen molar-refractivity contribution in [2.75, 3.05) is 0 Å². The van der Waals surface area contributed by atoms with Crippen molar-refractivity contribution in [3.05, 3.63) is 35.9 Å². The maximum Gasteiger partial charge on any atom is 0.137 e. The molecule has 2 unspecified atom stereocenters. The number of hydrogen-bond donors (Lipinski definition) is 1. The minimum absolute atomic E-state index is 0.101. The predicted octanol–water partition coefficient (Wildman–Crippen LogP) is 3.33. The molecule has 0 radical (unpaired) electrons. The molecular weight excluding hydrogens is 210 g/mol. The molecule has 2 nitrogen and oxygen atoms in total. The number of ketones is 1. The summed E-state index contributed by atoms with van der Waals surface area (Å²) in [6.07, 6.45) is 1.59. The van der Waals surface area contributed by atoms with Gasteiger partial charge in [0.15, 0.2) is 0 Å². The van der Waals surface area contributed by atoms with Crippen LogP contribution in [-0.4, -0.2) is 5.78 Å². The lowest BCUT2D eigenvalue weighted by molar-refractivity contribution is -0.123. The summed E-state index contributed by atoms with van der Waals surface area (Å²) >= 11 is 0. The van der Waals surface area contributed by atoms with Crippen molar-refractivity contribution in [2.45, 2.75) is 39.7 Å². The summed E-state index contributed by atoms with van der Waals surface area (Å²) in [5.41, 5.74) is 7.16. The Morgan fingerprint density at radius 3 is 2.29 bits per heavy atom. The Labute approximate surface area is 104 Å². The highest BCUT2D eigenvalue weighted by atomic mass is 16.1. The van der Waals surface area contributed by atoms with E-state index in [0.29, 0.717) is 12.3 Å². The maximum absolute atomic E-state index is 12.0. The molecule has 0 saturated heterocycles. The first-order valence-electron chi connectivity index (χ1n) is 6.35. The molecule has 94 valence electrons. The van der Waals surface area contributed by atoms with E-state index >= 15 is 0 Å². The van der Waals surface area contributed by atoms with Gasteiger partial charge in [0.2, 0.25) is 0 Å². The van der Waals surface area contributed by atoms with Crippen molar-refractivity contribution < 1.29 is 4.79 Å². The highest BCUT2D eigenvalue weighted by Gasteiger charge is 2.21. The first-order valence-corrected chi connectivity index (χ1v) is 6.35. The van der Waals surface area contributed by atoms with Crippen LogP contribution in [0, 0.1) is 11.8 Å². The number of nitrogens with two attached hydrogens (primary N) is 1. The predicted molar refractivity (Wildman–Crippen MR) is 71.6 cm³/mol.